The minimum Gasteiger partial charge on any atom is -0.338 e. The molecule has 1 aromatic carbocycles. The molecule has 1 unspecified atom stereocenters. The molecular weight excluding hydrogens is 361 g/mol. The van der Waals surface area contributed by atoms with Crippen molar-refractivity contribution in [2.45, 2.75) is 26.3 Å². The van der Waals surface area contributed by atoms with Crippen molar-refractivity contribution < 1.29 is 13.2 Å². The Morgan fingerprint density at radius 3 is 2.57 bits per heavy atom. The van der Waals surface area contributed by atoms with Gasteiger partial charge in [0.25, 0.3) is 0 Å². The van der Waals surface area contributed by atoms with E-state index in [1.54, 1.807) is 25.1 Å². The fraction of sp³-hybridized carbons (Fsp3) is 0.500. The zero-order chi connectivity index (χ0) is 17.5. The third kappa shape index (κ3) is 7.39. The standard InChI is InChI=1S/C14H21Cl2N3O3S/c1-3-23(21,22)18-8-4-7-17-14(20)19-10(2)12-6-5-11(15)9-13(12)16/h5-6,9-10,18H,3-4,7-8H2,1-2H3,(H2,17,19,20). The summed E-state index contributed by atoms with van der Waals surface area (Å²) in [6, 6.07) is 4.46. The average Bonchev–Trinajstić information content (AvgIpc) is 2.46. The highest BCUT2D eigenvalue weighted by Crippen LogP contribution is 2.25. The summed E-state index contributed by atoms with van der Waals surface area (Å²) < 4.78 is 24.9. The van der Waals surface area contributed by atoms with Gasteiger partial charge in [-0.3, -0.25) is 0 Å². The van der Waals surface area contributed by atoms with Crippen molar-refractivity contribution in [3.63, 3.8) is 0 Å². The van der Waals surface area contributed by atoms with Crippen molar-refractivity contribution >= 4 is 39.3 Å². The maximum absolute atomic E-state index is 11.8. The van der Waals surface area contributed by atoms with E-state index in [-0.39, 0.29) is 24.4 Å². The summed E-state index contributed by atoms with van der Waals surface area (Å²) in [7, 11) is -3.19. The van der Waals surface area contributed by atoms with Crippen LogP contribution in [0.3, 0.4) is 0 Å². The summed E-state index contributed by atoms with van der Waals surface area (Å²) in [5, 5.41) is 6.44. The lowest BCUT2D eigenvalue weighted by molar-refractivity contribution is 0.238. The zero-order valence-electron chi connectivity index (χ0n) is 13.0. The van der Waals surface area contributed by atoms with Gasteiger partial charge in [-0.1, -0.05) is 29.3 Å². The van der Waals surface area contributed by atoms with Crippen molar-refractivity contribution in [1.29, 1.82) is 0 Å². The number of nitrogens with one attached hydrogen (secondary N) is 3. The van der Waals surface area contributed by atoms with E-state index in [1.165, 1.54) is 0 Å². The van der Waals surface area contributed by atoms with Crippen LogP contribution in [0.15, 0.2) is 18.2 Å². The first-order chi connectivity index (χ1) is 10.7. The highest BCUT2D eigenvalue weighted by Gasteiger charge is 2.12. The van der Waals surface area contributed by atoms with E-state index in [1.807, 2.05) is 6.92 Å². The monoisotopic (exact) mass is 381 g/mol. The molecule has 0 spiro atoms. The summed E-state index contributed by atoms with van der Waals surface area (Å²) in [6.45, 7) is 4.02. The number of sulfonamides is 1. The number of hydrogen-bond donors (Lipinski definition) is 3. The Balaban J connectivity index is 2.33. The maximum atomic E-state index is 11.8. The summed E-state index contributed by atoms with van der Waals surface area (Å²) in [5.41, 5.74) is 0.766. The lowest BCUT2D eigenvalue weighted by Crippen LogP contribution is -2.38. The molecule has 0 bridgehead atoms. The molecule has 1 atom stereocenters. The first-order valence-corrected chi connectivity index (χ1v) is 9.62. The van der Waals surface area contributed by atoms with E-state index in [2.05, 4.69) is 15.4 Å². The van der Waals surface area contributed by atoms with Crippen LogP contribution in [0.1, 0.15) is 31.9 Å². The van der Waals surface area contributed by atoms with E-state index in [0.717, 1.165) is 5.56 Å². The number of halogens is 2. The van der Waals surface area contributed by atoms with Crippen LogP contribution in [-0.4, -0.2) is 33.3 Å². The van der Waals surface area contributed by atoms with Crippen LogP contribution >= 0.6 is 23.2 Å². The van der Waals surface area contributed by atoms with Crippen LogP contribution in [0, 0.1) is 0 Å². The van der Waals surface area contributed by atoms with Gasteiger partial charge < -0.3 is 10.6 Å². The molecule has 9 heteroatoms. The molecule has 130 valence electrons. The van der Waals surface area contributed by atoms with Crippen LogP contribution in [-0.2, 0) is 10.0 Å². The van der Waals surface area contributed by atoms with Gasteiger partial charge in [0.2, 0.25) is 10.0 Å². The van der Waals surface area contributed by atoms with Crippen molar-refractivity contribution in [3.8, 4) is 0 Å². The number of benzene rings is 1. The normalized spacial score (nSPS) is 12.7. The third-order valence-corrected chi connectivity index (χ3v) is 5.08. The van der Waals surface area contributed by atoms with E-state index in [4.69, 9.17) is 23.2 Å². The molecule has 23 heavy (non-hydrogen) atoms. The Morgan fingerprint density at radius 1 is 1.26 bits per heavy atom. The average molecular weight is 382 g/mol. The fourth-order valence-electron chi connectivity index (χ4n) is 1.80. The topological polar surface area (TPSA) is 87.3 Å². The van der Waals surface area contributed by atoms with E-state index >= 15 is 0 Å². The summed E-state index contributed by atoms with van der Waals surface area (Å²) in [4.78, 5) is 11.8. The van der Waals surface area contributed by atoms with Crippen molar-refractivity contribution in [1.82, 2.24) is 15.4 Å². The maximum Gasteiger partial charge on any atom is 0.315 e. The molecule has 3 N–H and O–H groups in total. The number of carbonyl (C=O) groups excluding carboxylic acids is 1. The van der Waals surface area contributed by atoms with Crippen LogP contribution in [0.25, 0.3) is 0 Å². The molecule has 0 heterocycles. The second-order valence-electron chi connectivity index (χ2n) is 4.94. The molecule has 0 aliphatic carbocycles. The highest BCUT2D eigenvalue weighted by molar-refractivity contribution is 7.89. The zero-order valence-corrected chi connectivity index (χ0v) is 15.4. The summed E-state index contributed by atoms with van der Waals surface area (Å²) in [6.07, 6.45) is 0.503. The van der Waals surface area contributed by atoms with Crippen LogP contribution in [0.4, 0.5) is 4.79 Å². The Hall–Kier alpha value is -1.02. The van der Waals surface area contributed by atoms with Crippen molar-refractivity contribution in [2.75, 3.05) is 18.8 Å². The molecule has 0 aliphatic rings. The van der Waals surface area contributed by atoms with Gasteiger partial charge in [0.05, 0.1) is 11.8 Å². The molecule has 0 aromatic heterocycles. The molecule has 0 saturated heterocycles. The lowest BCUT2D eigenvalue weighted by atomic mass is 10.1. The number of amides is 2. The van der Waals surface area contributed by atoms with Gasteiger partial charge in [-0.05, 0) is 38.0 Å². The number of carbonyl (C=O) groups is 1. The smallest absolute Gasteiger partial charge is 0.315 e. The predicted octanol–water partition coefficient (Wildman–Crippen LogP) is 2.68. The van der Waals surface area contributed by atoms with Crippen LogP contribution in [0.5, 0.6) is 0 Å². The number of hydrogen-bond acceptors (Lipinski definition) is 3. The van der Waals surface area contributed by atoms with Gasteiger partial charge in [-0.2, -0.15) is 0 Å². The molecule has 0 saturated carbocycles. The van der Waals surface area contributed by atoms with Crippen LogP contribution < -0.4 is 15.4 Å². The summed E-state index contributed by atoms with van der Waals surface area (Å²) in [5.74, 6) is 0.0419. The van der Waals surface area contributed by atoms with E-state index < -0.39 is 10.0 Å². The van der Waals surface area contributed by atoms with Crippen molar-refractivity contribution in [2.24, 2.45) is 0 Å². The Morgan fingerprint density at radius 2 is 1.96 bits per heavy atom. The van der Waals surface area contributed by atoms with Gasteiger partial charge in [0.15, 0.2) is 0 Å². The Bertz CT molecular complexity index is 638. The van der Waals surface area contributed by atoms with E-state index in [0.29, 0.717) is 23.0 Å². The molecule has 0 fully saturated rings. The van der Waals surface area contributed by atoms with E-state index in [9.17, 15) is 13.2 Å². The number of urea groups is 1. The third-order valence-electron chi connectivity index (χ3n) is 3.12. The lowest BCUT2D eigenvalue weighted by Gasteiger charge is -2.16. The highest BCUT2D eigenvalue weighted by atomic mass is 35.5. The minimum absolute atomic E-state index is 0.0419. The second kappa shape index (κ2) is 9.32. The van der Waals surface area contributed by atoms with Gasteiger partial charge in [-0.25, -0.2) is 17.9 Å². The Kier molecular flexibility index (Phi) is 8.11. The first-order valence-electron chi connectivity index (χ1n) is 7.22. The van der Waals surface area contributed by atoms with Gasteiger partial charge in [0.1, 0.15) is 0 Å². The predicted molar refractivity (Wildman–Crippen MR) is 93.5 cm³/mol. The molecule has 6 nitrogen and oxygen atoms in total. The minimum atomic E-state index is -3.19. The Labute approximate surface area is 147 Å². The summed E-state index contributed by atoms with van der Waals surface area (Å²) >= 11 is 11.9. The van der Waals surface area contributed by atoms with Gasteiger partial charge in [-0.15, -0.1) is 0 Å². The molecule has 0 radical (unpaired) electrons. The molecule has 1 rings (SSSR count). The van der Waals surface area contributed by atoms with Crippen molar-refractivity contribution in [3.05, 3.63) is 33.8 Å². The quantitative estimate of drug-likeness (QED) is 0.604. The van der Waals surface area contributed by atoms with Gasteiger partial charge >= 0.3 is 6.03 Å². The molecule has 2 amide bonds. The first kappa shape index (κ1) is 20.0. The van der Waals surface area contributed by atoms with Crippen LogP contribution in [0.2, 0.25) is 10.0 Å². The van der Waals surface area contributed by atoms with Gasteiger partial charge in [0, 0.05) is 23.1 Å². The fourth-order valence-corrected chi connectivity index (χ4v) is 3.03. The SMILES string of the molecule is CCS(=O)(=O)NCCCNC(=O)NC(C)c1ccc(Cl)cc1Cl. The molecular formula is C14H21Cl2N3O3S. The molecule has 0 aliphatic heterocycles. The number of rotatable bonds is 8. The largest absolute Gasteiger partial charge is 0.338 e. The second-order valence-corrected chi connectivity index (χ2v) is 7.88. The molecule has 1 aromatic rings.